The SMILES string of the molecule is COC(=O)NC(C(=O)N1CCCC1C1(C2CCCN2C(=O)C(NC(=O)OC)C(C)C)Nc2ccc(-c3ccc4nc[nH]c4c3)cc2N1)C(C)C. The molecule has 6 rings (SSSR count). The molecule has 4 unspecified atom stereocenters. The molecule has 14 nitrogen and oxygen atoms in total. The number of ether oxygens (including phenoxy) is 2. The number of nitrogens with one attached hydrogen (secondary N) is 5. The van der Waals surface area contributed by atoms with Crippen LogP contribution in [0.5, 0.6) is 0 Å². The lowest BCUT2D eigenvalue weighted by Crippen LogP contribution is -2.70. The fraction of sp³-hybridized carbons (Fsp3) is 0.528. The largest absolute Gasteiger partial charge is 0.453 e. The van der Waals surface area contributed by atoms with E-state index in [1.54, 1.807) is 6.33 Å². The highest BCUT2D eigenvalue weighted by Crippen LogP contribution is 2.47. The van der Waals surface area contributed by atoms with E-state index in [9.17, 15) is 19.2 Å². The van der Waals surface area contributed by atoms with Crippen LogP contribution >= 0.6 is 0 Å². The molecule has 1 aromatic heterocycles. The Morgan fingerprint density at radius 2 is 1.30 bits per heavy atom. The number of alkyl carbamates (subject to hydrolysis) is 2. The average Bonchev–Trinajstić information content (AvgIpc) is 3.93. The van der Waals surface area contributed by atoms with Crippen molar-refractivity contribution in [2.45, 2.75) is 83.2 Å². The number of amides is 4. The second-order valence-corrected chi connectivity index (χ2v) is 14.1. The Balaban J connectivity index is 1.40. The molecule has 0 bridgehead atoms. The van der Waals surface area contributed by atoms with Crippen molar-refractivity contribution in [2.75, 3.05) is 37.9 Å². The zero-order valence-corrected chi connectivity index (χ0v) is 29.5. The molecule has 0 radical (unpaired) electrons. The van der Waals surface area contributed by atoms with Crippen molar-refractivity contribution >= 4 is 46.4 Å². The minimum atomic E-state index is -0.980. The first-order valence-electron chi connectivity index (χ1n) is 17.4. The summed E-state index contributed by atoms with van der Waals surface area (Å²) in [7, 11) is 2.56. The highest BCUT2D eigenvalue weighted by molar-refractivity contribution is 5.90. The molecule has 0 saturated carbocycles. The summed E-state index contributed by atoms with van der Waals surface area (Å²) in [6.07, 6.45) is 3.16. The molecule has 2 saturated heterocycles. The van der Waals surface area contributed by atoms with Gasteiger partial charge < -0.3 is 45.5 Å². The topological polar surface area (TPSA) is 170 Å². The summed E-state index contributed by atoms with van der Waals surface area (Å²) in [6, 6.07) is 9.88. The number of aromatic amines is 1. The molecule has 4 heterocycles. The number of hydrogen-bond acceptors (Lipinski definition) is 9. The molecule has 5 N–H and O–H groups in total. The molecule has 3 aromatic rings. The zero-order valence-electron chi connectivity index (χ0n) is 29.5. The van der Waals surface area contributed by atoms with Crippen molar-refractivity contribution in [1.29, 1.82) is 0 Å². The second-order valence-electron chi connectivity index (χ2n) is 14.1. The van der Waals surface area contributed by atoms with Gasteiger partial charge in [0.15, 0.2) is 0 Å². The van der Waals surface area contributed by atoms with Crippen molar-refractivity contribution in [3.8, 4) is 11.1 Å². The highest BCUT2D eigenvalue weighted by atomic mass is 16.5. The van der Waals surface area contributed by atoms with Gasteiger partial charge in [-0.05, 0) is 72.9 Å². The minimum absolute atomic E-state index is 0.198. The highest BCUT2D eigenvalue weighted by Gasteiger charge is 2.58. The number of methoxy groups -OCH3 is 2. The van der Waals surface area contributed by atoms with Gasteiger partial charge in [0.2, 0.25) is 11.8 Å². The molecule has 268 valence electrons. The Labute approximate surface area is 292 Å². The predicted octanol–water partition coefficient (Wildman–Crippen LogP) is 4.51. The Hall–Kier alpha value is -5.01. The number of carbonyl (C=O) groups is 4. The van der Waals surface area contributed by atoms with Crippen LogP contribution in [0.4, 0.5) is 21.0 Å². The van der Waals surface area contributed by atoms with Gasteiger partial charge in [0, 0.05) is 13.1 Å². The van der Waals surface area contributed by atoms with Gasteiger partial charge in [0.05, 0.1) is 55.0 Å². The lowest BCUT2D eigenvalue weighted by Gasteiger charge is -2.48. The number of fused-ring (bicyclic) bond motifs is 2. The number of nitrogens with zero attached hydrogens (tertiary/aromatic N) is 3. The molecule has 4 atom stereocenters. The number of likely N-dealkylation sites (tertiary alicyclic amines) is 2. The molecule has 14 heteroatoms. The van der Waals surface area contributed by atoms with Gasteiger partial charge in [0.1, 0.15) is 17.7 Å². The van der Waals surface area contributed by atoms with E-state index in [1.165, 1.54) is 14.2 Å². The lowest BCUT2D eigenvalue weighted by molar-refractivity contribution is -0.138. The van der Waals surface area contributed by atoms with Crippen molar-refractivity contribution < 1.29 is 28.7 Å². The third kappa shape index (κ3) is 6.38. The monoisotopic (exact) mass is 688 g/mol. The molecule has 3 aliphatic rings. The molecule has 2 fully saturated rings. The summed E-state index contributed by atoms with van der Waals surface area (Å²) in [6.45, 7) is 8.54. The maximum absolute atomic E-state index is 14.4. The van der Waals surface area contributed by atoms with E-state index < -0.39 is 42.0 Å². The van der Waals surface area contributed by atoms with Crippen LogP contribution in [0.15, 0.2) is 42.7 Å². The van der Waals surface area contributed by atoms with E-state index in [4.69, 9.17) is 9.47 Å². The Morgan fingerprint density at radius 3 is 1.84 bits per heavy atom. The van der Waals surface area contributed by atoms with Crippen LogP contribution in [0, 0.1) is 11.8 Å². The second kappa shape index (κ2) is 14.1. The average molecular weight is 689 g/mol. The molecule has 3 aliphatic heterocycles. The van der Waals surface area contributed by atoms with Crippen molar-refractivity contribution in [1.82, 2.24) is 30.4 Å². The van der Waals surface area contributed by atoms with Crippen molar-refractivity contribution in [2.24, 2.45) is 11.8 Å². The van der Waals surface area contributed by atoms with Crippen molar-refractivity contribution in [3.63, 3.8) is 0 Å². The smallest absolute Gasteiger partial charge is 0.407 e. The number of hydrogen-bond donors (Lipinski definition) is 5. The van der Waals surface area contributed by atoms with E-state index in [0.717, 1.165) is 46.4 Å². The lowest BCUT2D eigenvalue weighted by atomic mass is 9.87. The molecule has 0 spiro atoms. The Morgan fingerprint density at radius 1 is 0.780 bits per heavy atom. The summed E-state index contributed by atoms with van der Waals surface area (Å²) in [5, 5.41) is 13.1. The fourth-order valence-electron chi connectivity index (χ4n) is 7.85. The number of carbonyl (C=O) groups excluding carboxylic acids is 4. The summed E-state index contributed by atoms with van der Waals surface area (Å²) < 4.78 is 9.73. The number of rotatable bonds is 9. The standard InChI is InChI=1S/C36H48N8O6/c1-20(2)30(39-34(47)49-5)32(45)43-15-7-9-28(43)36(29-10-8-16-44(29)33(46)31(21(3)4)40-35(48)50-6)41-25-14-12-23(18-27(25)42-36)22-11-13-24-26(17-22)38-19-37-24/h11-14,17-21,28-31,41-42H,7-10,15-16H2,1-6H3,(H,37,38)(H,39,47)(H,40,48). The Kier molecular flexibility index (Phi) is 9.81. The first kappa shape index (κ1) is 34.8. The van der Waals surface area contributed by atoms with Gasteiger partial charge in [-0.25, -0.2) is 14.6 Å². The van der Waals surface area contributed by atoms with Gasteiger partial charge in [-0.3, -0.25) is 9.59 Å². The maximum Gasteiger partial charge on any atom is 0.407 e. The van der Waals surface area contributed by atoms with Gasteiger partial charge >= 0.3 is 12.2 Å². The third-order valence-electron chi connectivity index (χ3n) is 10.4. The van der Waals surface area contributed by atoms with Crippen molar-refractivity contribution in [3.05, 3.63) is 42.7 Å². The van der Waals surface area contributed by atoms with Crippen LogP contribution in [0.3, 0.4) is 0 Å². The van der Waals surface area contributed by atoms with E-state index >= 15 is 0 Å². The summed E-state index contributed by atoms with van der Waals surface area (Å²) >= 11 is 0. The van der Waals surface area contributed by atoms with Crippen LogP contribution in [0.1, 0.15) is 53.4 Å². The molecule has 4 amide bonds. The molecular formula is C36H48N8O6. The summed E-state index contributed by atoms with van der Waals surface area (Å²) in [5.41, 5.74) is 4.56. The van der Waals surface area contributed by atoms with E-state index in [2.05, 4.69) is 49.4 Å². The van der Waals surface area contributed by atoms with Gasteiger partial charge in [-0.1, -0.05) is 39.8 Å². The van der Waals surface area contributed by atoms with Crippen LogP contribution in [0.25, 0.3) is 22.2 Å². The maximum atomic E-state index is 14.4. The van der Waals surface area contributed by atoms with E-state index in [-0.39, 0.29) is 23.7 Å². The quantitative estimate of drug-likeness (QED) is 0.217. The molecule has 50 heavy (non-hydrogen) atoms. The van der Waals surface area contributed by atoms with Crippen LogP contribution in [-0.4, -0.2) is 101 Å². The van der Waals surface area contributed by atoms with Gasteiger partial charge in [0.25, 0.3) is 0 Å². The molecular weight excluding hydrogens is 640 g/mol. The predicted molar refractivity (Wildman–Crippen MR) is 189 cm³/mol. The van der Waals surface area contributed by atoms with Gasteiger partial charge in [-0.2, -0.15) is 0 Å². The molecule has 0 aliphatic carbocycles. The van der Waals surface area contributed by atoms with Crippen LogP contribution in [-0.2, 0) is 19.1 Å². The number of anilines is 2. The minimum Gasteiger partial charge on any atom is -0.453 e. The summed E-state index contributed by atoms with van der Waals surface area (Å²) in [4.78, 5) is 64.6. The normalized spacial score (nSPS) is 22.6. The summed E-state index contributed by atoms with van der Waals surface area (Å²) in [5.74, 6) is -0.806. The number of aromatic nitrogens is 2. The number of benzene rings is 2. The van der Waals surface area contributed by atoms with Crippen LogP contribution in [0.2, 0.25) is 0 Å². The molecule has 2 aromatic carbocycles. The number of imidazole rings is 1. The first-order valence-corrected chi connectivity index (χ1v) is 17.4. The van der Waals surface area contributed by atoms with Crippen LogP contribution < -0.4 is 21.3 Å². The van der Waals surface area contributed by atoms with E-state index in [0.29, 0.717) is 25.9 Å². The zero-order chi connectivity index (χ0) is 35.7. The fourth-order valence-corrected chi connectivity index (χ4v) is 7.85. The first-order chi connectivity index (χ1) is 24.0. The van der Waals surface area contributed by atoms with Gasteiger partial charge in [-0.15, -0.1) is 0 Å². The Bertz CT molecular complexity index is 1700. The third-order valence-corrected chi connectivity index (χ3v) is 10.4. The van der Waals surface area contributed by atoms with E-state index in [1.807, 2.05) is 55.7 Å². The number of H-pyrrole nitrogens is 1.